The topological polar surface area (TPSA) is 60.2 Å². The van der Waals surface area contributed by atoms with E-state index >= 15 is 0 Å². The van der Waals surface area contributed by atoms with Crippen molar-refractivity contribution in [3.63, 3.8) is 0 Å². The molecule has 0 atom stereocenters. The molecule has 1 aliphatic heterocycles. The lowest BCUT2D eigenvalue weighted by atomic mass is 10.2. The highest BCUT2D eigenvalue weighted by Crippen LogP contribution is 2.38. The Morgan fingerprint density at radius 2 is 2.29 bits per heavy atom. The standard InChI is InChI=1S/C9H13N3O2/c1-2-6(1)9-11-8(14-12-9)5-13-7-3-10-4-7/h6-7,10H,1-5H2. The minimum absolute atomic E-state index is 0.325. The predicted octanol–water partition coefficient (Wildman–Crippen LogP) is 0.435. The van der Waals surface area contributed by atoms with Crippen molar-refractivity contribution in [3.8, 4) is 0 Å². The fourth-order valence-electron chi connectivity index (χ4n) is 1.40. The number of hydrogen-bond acceptors (Lipinski definition) is 5. The van der Waals surface area contributed by atoms with Crippen molar-refractivity contribution in [2.75, 3.05) is 13.1 Å². The third kappa shape index (κ3) is 1.65. The molecule has 0 unspecified atom stereocenters. The molecule has 1 saturated carbocycles. The lowest BCUT2D eigenvalue weighted by molar-refractivity contribution is -0.00397. The fraction of sp³-hybridized carbons (Fsp3) is 0.778. The molecule has 1 aliphatic carbocycles. The lowest BCUT2D eigenvalue weighted by Crippen LogP contribution is -2.48. The van der Waals surface area contributed by atoms with Crippen molar-refractivity contribution in [1.29, 1.82) is 0 Å². The molecule has 1 aromatic heterocycles. The molecule has 0 spiro atoms. The molecule has 5 nitrogen and oxygen atoms in total. The summed E-state index contributed by atoms with van der Waals surface area (Å²) >= 11 is 0. The zero-order chi connectivity index (χ0) is 9.38. The van der Waals surface area contributed by atoms with Gasteiger partial charge in [-0.3, -0.25) is 0 Å². The van der Waals surface area contributed by atoms with Crippen molar-refractivity contribution < 1.29 is 9.26 Å². The third-order valence-corrected chi connectivity index (χ3v) is 2.61. The summed E-state index contributed by atoms with van der Waals surface area (Å²) in [5, 5.41) is 7.06. The maximum atomic E-state index is 5.52. The summed E-state index contributed by atoms with van der Waals surface area (Å²) in [6, 6.07) is 0. The molecule has 3 rings (SSSR count). The van der Waals surface area contributed by atoms with E-state index in [9.17, 15) is 0 Å². The van der Waals surface area contributed by atoms with Crippen molar-refractivity contribution in [1.82, 2.24) is 15.5 Å². The van der Waals surface area contributed by atoms with Crippen molar-refractivity contribution in [3.05, 3.63) is 11.7 Å². The number of ether oxygens (including phenoxy) is 1. The van der Waals surface area contributed by atoms with E-state index < -0.39 is 0 Å². The molecule has 2 aliphatic rings. The highest BCUT2D eigenvalue weighted by molar-refractivity contribution is 5.03. The van der Waals surface area contributed by atoms with Gasteiger partial charge < -0.3 is 14.6 Å². The van der Waals surface area contributed by atoms with Crippen LogP contribution in [0.1, 0.15) is 30.5 Å². The van der Waals surface area contributed by atoms with E-state index in [-0.39, 0.29) is 0 Å². The zero-order valence-electron chi connectivity index (χ0n) is 7.90. The average molecular weight is 195 g/mol. The Morgan fingerprint density at radius 1 is 1.43 bits per heavy atom. The Kier molecular flexibility index (Phi) is 1.99. The Labute approximate surface area is 81.8 Å². The third-order valence-electron chi connectivity index (χ3n) is 2.61. The van der Waals surface area contributed by atoms with Gasteiger partial charge in [0.05, 0.1) is 6.10 Å². The van der Waals surface area contributed by atoms with Gasteiger partial charge in [0.25, 0.3) is 5.89 Å². The molecule has 1 N–H and O–H groups in total. The summed E-state index contributed by atoms with van der Waals surface area (Å²) in [7, 11) is 0. The Morgan fingerprint density at radius 3 is 2.93 bits per heavy atom. The number of hydrogen-bond donors (Lipinski definition) is 1. The van der Waals surface area contributed by atoms with E-state index in [1.54, 1.807) is 0 Å². The van der Waals surface area contributed by atoms with Gasteiger partial charge in [0.1, 0.15) is 6.61 Å². The monoisotopic (exact) mass is 195 g/mol. The normalized spacial score (nSPS) is 22.3. The second-order valence-electron chi connectivity index (χ2n) is 3.91. The van der Waals surface area contributed by atoms with Gasteiger partial charge in [-0.15, -0.1) is 0 Å². The van der Waals surface area contributed by atoms with Crippen LogP contribution < -0.4 is 5.32 Å². The molecule has 2 fully saturated rings. The van der Waals surface area contributed by atoms with Gasteiger partial charge in [0.2, 0.25) is 0 Å². The molecular weight excluding hydrogens is 182 g/mol. The van der Waals surface area contributed by atoms with Gasteiger partial charge in [0, 0.05) is 19.0 Å². The van der Waals surface area contributed by atoms with Gasteiger partial charge in [-0.25, -0.2) is 0 Å². The average Bonchev–Trinajstić information content (AvgIpc) is 2.85. The smallest absolute Gasteiger partial charge is 0.252 e. The van der Waals surface area contributed by atoms with Crippen LogP contribution in [0.15, 0.2) is 4.52 Å². The predicted molar refractivity (Wildman–Crippen MR) is 47.7 cm³/mol. The first kappa shape index (κ1) is 8.38. The Bertz CT molecular complexity index is 318. The van der Waals surface area contributed by atoms with E-state index in [2.05, 4.69) is 15.5 Å². The zero-order valence-corrected chi connectivity index (χ0v) is 7.90. The highest BCUT2D eigenvalue weighted by Gasteiger charge is 2.29. The first-order valence-corrected chi connectivity index (χ1v) is 5.06. The summed E-state index contributed by atoms with van der Waals surface area (Å²) < 4.78 is 10.6. The van der Waals surface area contributed by atoms with Crippen molar-refractivity contribution >= 4 is 0 Å². The molecule has 1 saturated heterocycles. The number of nitrogens with zero attached hydrogens (tertiary/aromatic N) is 2. The maximum Gasteiger partial charge on any atom is 0.252 e. The quantitative estimate of drug-likeness (QED) is 0.755. The fourth-order valence-corrected chi connectivity index (χ4v) is 1.40. The van der Waals surface area contributed by atoms with Crippen LogP contribution in [0.25, 0.3) is 0 Å². The van der Waals surface area contributed by atoms with E-state index in [1.807, 2.05) is 0 Å². The highest BCUT2D eigenvalue weighted by atomic mass is 16.5. The summed E-state index contributed by atoms with van der Waals surface area (Å²) in [5.74, 6) is 2.02. The van der Waals surface area contributed by atoms with Crippen LogP contribution in [-0.4, -0.2) is 29.3 Å². The first-order chi connectivity index (χ1) is 6.92. The summed E-state index contributed by atoms with van der Waals surface area (Å²) in [6.45, 7) is 2.32. The minimum Gasteiger partial charge on any atom is -0.366 e. The number of nitrogens with one attached hydrogen (secondary N) is 1. The molecule has 0 aromatic carbocycles. The van der Waals surface area contributed by atoms with E-state index in [4.69, 9.17) is 9.26 Å². The van der Waals surface area contributed by atoms with E-state index in [1.165, 1.54) is 12.8 Å². The molecule has 5 heteroatoms. The second-order valence-corrected chi connectivity index (χ2v) is 3.91. The maximum absolute atomic E-state index is 5.52. The lowest BCUT2D eigenvalue weighted by Gasteiger charge is -2.26. The van der Waals surface area contributed by atoms with Crippen LogP contribution in [0.4, 0.5) is 0 Å². The van der Waals surface area contributed by atoms with Gasteiger partial charge in [-0.1, -0.05) is 5.16 Å². The molecule has 2 heterocycles. The molecule has 14 heavy (non-hydrogen) atoms. The summed E-state index contributed by atoms with van der Waals surface area (Å²) in [5.41, 5.74) is 0. The minimum atomic E-state index is 0.325. The molecular formula is C9H13N3O2. The van der Waals surface area contributed by atoms with Crippen LogP contribution >= 0.6 is 0 Å². The van der Waals surface area contributed by atoms with Gasteiger partial charge in [0.15, 0.2) is 5.82 Å². The van der Waals surface area contributed by atoms with Crippen molar-refractivity contribution in [2.45, 2.75) is 31.5 Å². The van der Waals surface area contributed by atoms with Gasteiger partial charge in [-0.2, -0.15) is 4.98 Å². The summed E-state index contributed by atoms with van der Waals surface area (Å²) in [4.78, 5) is 4.28. The van der Waals surface area contributed by atoms with Crippen LogP contribution in [-0.2, 0) is 11.3 Å². The molecule has 1 aromatic rings. The SMILES string of the molecule is C(OC1CNC1)c1nc(C2CC2)no1. The van der Waals surface area contributed by atoms with Crippen LogP contribution in [0, 0.1) is 0 Å². The second kappa shape index (κ2) is 3.33. The molecule has 76 valence electrons. The van der Waals surface area contributed by atoms with E-state index in [0.717, 1.165) is 18.9 Å². The van der Waals surface area contributed by atoms with Crippen LogP contribution in [0.3, 0.4) is 0 Å². The largest absolute Gasteiger partial charge is 0.366 e. The van der Waals surface area contributed by atoms with Crippen LogP contribution in [0.5, 0.6) is 0 Å². The van der Waals surface area contributed by atoms with E-state index in [0.29, 0.717) is 24.5 Å². The molecule has 0 amide bonds. The van der Waals surface area contributed by atoms with Crippen LogP contribution in [0.2, 0.25) is 0 Å². The molecule has 0 bridgehead atoms. The Balaban J connectivity index is 1.54. The van der Waals surface area contributed by atoms with Gasteiger partial charge in [-0.05, 0) is 12.8 Å². The van der Waals surface area contributed by atoms with Gasteiger partial charge >= 0.3 is 0 Å². The first-order valence-electron chi connectivity index (χ1n) is 5.06. The molecule has 0 radical (unpaired) electrons. The summed E-state index contributed by atoms with van der Waals surface area (Å²) in [6.07, 6.45) is 2.73. The number of aromatic nitrogens is 2. The number of rotatable bonds is 4. The van der Waals surface area contributed by atoms with Crippen molar-refractivity contribution in [2.24, 2.45) is 0 Å². The Hall–Kier alpha value is -0.940.